The molecule has 0 unspecified atom stereocenters. The smallest absolute Gasteiger partial charge is 0.310 e. The minimum atomic E-state index is -0.353. The van der Waals surface area contributed by atoms with Crippen LogP contribution in [0.3, 0.4) is 0 Å². The van der Waals surface area contributed by atoms with E-state index >= 15 is 0 Å². The first-order valence-electron chi connectivity index (χ1n) is 6.93. The van der Waals surface area contributed by atoms with E-state index in [9.17, 15) is 9.59 Å². The average Bonchev–Trinajstić information content (AvgIpc) is 2.46. The molecule has 0 aliphatic rings. The van der Waals surface area contributed by atoms with Gasteiger partial charge in [-0.15, -0.1) is 0 Å². The van der Waals surface area contributed by atoms with Crippen molar-refractivity contribution in [1.29, 1.82) is 5.26 Å². The lowest BCUT2D eigenvalue weighted by Gasteiger charge is -2.07. The van der Waals surface area contributed by atoms with Crippen molar-refractivity contribution < 1.29 is 19.1 Å². The van der Waals surface area contributed by atoms with Crippen molar-refractivity contribution in [3.8, 4) is 6.07 Å². The Balaban J connectivity index is 2.72. The van der Waals surface area contributed by atoms with Crippen LogP contribution in [0.4, 0.5) is 0 Å². The van der Waals surface area contributed by atoms with Crippen molar-refractivity contribution in [1.82, 2.24) is 0 Å². The zero-order valence-corrected chi connectivity index (χ0v) is 12.3. The van der Waals surface area contributed by atoms with Crippen LogP contribution in [0, 0.1) is 11.3 Å². The predicted octanol–water partition coefficient (Wildman–Crippen LogP) is 2.16. The zero-order chi connectivity index (χ0) is 15.7. The van der Waals surface area contributed by atoms with Gasteiger partial charge in [-0.1, -0.05) is 12.1 Å². The van der Waals surface area contributed by atoms with E-state index in [0.29, 0.717) is 30.8 Å². The highest BCUT2D eigenvalue weighted by atomic mass is 16.5. The molecule has 1 aromatic carbocycles. The Bertz CT molecular complexity index is 546. The summed E-state index contributed by atoms with van der Waals surface area (Å²) in [5.41, 5.74) is 1.94. The molecule has 0 bridgehead atoms. The summed E-state index contributed by atoms with van der Waals surface area (Å²) >= 11 is 0. The molecule has 0 fully saturated rings. The number of nitrogens with zero attached hydrogens (tertiary/aromatic N) is 1. The fourth-order valence-electron chi connectivity index (χ4n) is 1.88. The molecule has 0 heterocycles. The van der Waals surface area contributed by atoms with Crippen molar-refractivity contribution in [3.05, 3.63) is 34.9 Å². The Kier molecular flexibility index (Phi) is 6.96. The molecular weight excluding hydrogens is 270 g/mol. The van der Waals surface area contributed by atoms with Gasteiger partial charge < -0.3 is 9.47 Å². The minimum Gasteiger partial charge on any atom is -0.466 e. The number of hydrogen-bond acceptors (Lipinski definition) is 5. The normalized spacial score (nSPS) is 9.76. The Morgan fingerprint density at radius 1 is 1.14 bits per heavy atom. The first kappa shape index (κ1) is 16.7. The summed E-state index contributed by atoms with van der Waals surface area (Å²) in [6, 6.07) is 7.32. The SMILES string of the molecule is CCOC(=O)CCc1ccc(CC(=O)OCC)c(C#N)c1. The molecule has 0 aliphatic carbocycles. The van der Waals surface area contributed by atoms with E-state index in [1.54, 1.807) is 26.0 Å². The standard InChI is InChI=1S/C16H19NO4/c1-3-20-15(18)8-6-12-5-7-13(14(9-12)11-17)10-16(19)21-4-2/h5,7,9H,3-4,6,8,10H2,1-2H3. The summed E-state index contributed by atoms with van der Waals surface area (Å²) in [5.74, 6) is -0.611. The number of carbonyl (C=O) groups is 2. The third kappa shape index (κ3) is 5.65. The van der Waals surface area contributed by atoms with E-state index in [-0.39, 0.29) is 24.8 Å². The number of rotatable bonds is 7. The molecule has 1 rings (SSSR count). The molecule has 21 heavy (non-hydrogen) atoms. The fourth-order valence-corrected chi connectivity index (χ4v) is 1.88. The van der Waals surface area contributed by atoms with Crippen LogP contribution in [0.15, 0.2) is 18.2 Å². The second kappa shape index (κ2) is 8.75. The molecule has 0 aliphatic heterocycles. The lowest BCUT2D eigenvalue weighted by molar-refractivity contribution is -0.143. The van der Waals surface area contributed by atoms with Crippen LogP contribution in [-0.2, 0) is 31.9 Å². The topological polar surface area (TPSA) is 76.4 Å². The summed E-state index contributed by atoms with van der Waals surface area (Å²) < 4.78 is 9.73. The summed E-state index contributed by atoms with van der Waals surface area (Å²) in [5, 5.41) is 9.15. The highest BCUT2D eigenvalue weighted by Gasteiger charge is 2.10. The van der Waals surface area contributed by atoms with Crippen LogP contribution in [-0.4, -0.2) is 25.2 Å². The van der Waals surface area contributed by atoms with Crippen LogP contribution in [0.5, 0.6) is 0 Å². The van der Waals surface area contributed by atoms with Gasteiger partial charge in [0.05, 0.1) is 31.3 Å². The number of nitriles is 1. The second-order valence-corrected chi connectivity index (χ2v) is 4.39. The van der Waals surface area contributed by atoms with Gasteiger partial charge in [-0.2, -0.15) is 5.26 Å². The summed E-state index contributed by atoms with van der Waals surface area (Å²) in [7, 11) is 0. The molecule has 0 saturated heterocycles. The summed E-state index contributed by atoms with van der Waals surface area (Å²) in [4.78, 5) is 22.8. The molecular formula is C16H19NO4. The highest BCUT2D eigenvalue weighted by Crippen LogP contribution is 2.14. The largest absolute Gasteiger partial charge is 0.466 e. The van der Waals surface area contributed by atoms with Gasteiger partial charge in [-0.05, 0) is 37.5 Å². The molecule has 5 nitrogen and oxygen atoms in total. The van der Waals surface area contributed by atoms with Crippen LogP contribution >= 0.6 is 0 Å². The van der Waals surface area contributed by atoms with Gasteiger partial charge >= 0.3 is 11.9 Å². The van der Waals surface area contributed by atoms with Crippen LogP contribution in [0.1, 0.15) is 37.0 Å². The van der Waals surface area contributed by atoms with Crippen molar-refractivity contribution in [2.75, 3.05) is 13.2 Å². The van der Waals surface area contributed by atoms with E-state index < -0.39 is 0 Å². The lowest BCUT2D eigenvalue weighted by Crippen LogP contribution is -2.09. The summed E-state index contributed by atoms with van der Waals surface area (Å²) in [6.07, 6.45) is 0.859. The molecule has 0 spiro atoms. The van der Waals surface area contributed by atoms with Gasteiger partial charge in [-0.3, -0.25) is 9.59 Å². The molecule has 0 aromatic heterocycles. The van der Waals surface area contributed by atoms with Gasteiger partial charge in [-0.25, -0.2) is 0 Å². The number of hydrogen-bond donors (Lipinski definition) is 0. The Morgan fingerprint density at radius 3 is 2.43 bits per heavy atom. The second-order valence-electron chi connectivity index (χ2n) is 4.39. The van der Waals surface area contributed by atoms with E-state index in [0.717, 1.165) is 5.56 Å². The van der Waals surface area contributed by atoms with Crippen molar-refractivity contribution in [2.45, 2.75) is 33.1 Å². The quantitative estimate of drug-likeness (QED) is 0.719. The molecule has 5 heteroatoms. The van der Waals surface area contributed by atoms with Crippen LogP contribution in [0.2, 0.25) is 0 Å². The number of aryl methyl sites for hydroxylation is 1. The fraction of sp³-hybridized carbons (Fsp3) is 0.438. The molecule has 112 valence electrons. The van der Waals surface area contributed by atoms with Gasteiger partial charge in [0.15, 0.2) is 0 Å². The third-order valence-corrected chi connectivity index (χ3v) is 2.86. The molecule has 0 radical (unpaired) electrons. The molecule has 0 atom stereocenters. The van der Waals surface area contributed by atoms with Crippen molar-refractivity contribution in [2.24, 2.45) is 0 Å². The third-order valence-electron chi connectivity index (χ3n) is 2.86. The van der Waals surface area contributed by atoms with Gasteiger partial charge in [0, 0.05) is 6.42 Å². The maximum absolute atomic E-state index is 11.5. The Hall–Kier alpha value is -2.35. The number of esters is 2. The highest BCUT2D eigenvalue weighted by molar-refractivity contribution is 5.73. The lowest BCUT2D eigenvalue weighted by atomic mass is 10.00. The van der Waals surface area contributed by atoms with Crippen molar-refractivity contribution >= 4 is 11.9 Å². The zero-order valence-electron chi connectivity index (χ0n) is 12.3. The Morgan fingerprint density at radius 2 is 1.81 bits per heavy atom. The van der Waals surface area contributed by atoms with Crippen LogP contribution in [0.25, 0.3) is 0 Å². The maximum Gasteiger partial charge on any atom is 0.310 e. The number of benzene rings is 1. The van der Waals surface area contributed by atoms with E-state index in [4.69, 9.17) is 14.7 Å². The minimum absolute atomic E-state index is 0.0783. The van der Waals surface area contributed by atoms with Crippen LogP contribution < -0.4 is 0 Å². The van der Waals surface area contributed by atoms with Gasteiger partial charge in [0.2, 0.25) is 0 Å². The van der Waals surface area contributed by atoms with Gasteiger partial charge in [0.25, 0.3) is 0 Å². The van der Waals surface area contributed by atoms with E-state index in [2.05, 4.69) is 6.07 Å². The Labute approximate surface area is 124 Å². The number of carbonyl (C=O) groups excluding carboxylic acids is 2. The molecule has 0 amide bonds. The van der Waals surface area contributed by atoms with E-state index in [1.807, 2.05) is 6.07 Å². The molecule has 0 N–H and O–H groups in total. The van der Waals surface area contributed by atoms with Crippen molar-refractivity contribution in [3.63, 3.8) is 0 Å². The van der Waals surface area contributed by atoms with E-state index in [1.165, 1.54) is 0 Å². The number of ether oxygens (including phenoxy) is 2. The van der Waals surface area contributed by atoms with Gasteiger partial charge in [0.1, 0.15) is 0 Å². The summed E-state index contributed by atoms with van der Waals surface area (Å²) in [6.45, 7) is 4.18. The predicted molar refractivity (Wildman–Crippen MR) is 76.4 cm³/mol. The molecule has 0 saturated carbocycles. The first-order valence-corrected chi connectivity index (χ1v) is 6.93. The average molecular weight is 289 g/mol. The molecule has 1 aromatic rings. The monoisotopic (exact) mass is 289 g/mol. The first-order chi connectivity index (χ1) is 10.1. The maximum atomic E-state index is 11.5.